The van der Waals surface area contributed by atoms with E-state index < -0.39 is 0 Å². The van der Waals surface area contributed by atoms with Gasteiger partial charge in [0.15, 0.2) is 0 Å². The van der Waals surface area contributed by atoms with E-state index in [9.17, 15) is 4.79 Å². The molecule has 2 heteroatoms. The van der Waals surface area contributed by atoms with Crippen molar-refractivity contribution in [3.63, 3.8) is 0 Å². The number of amides is 1. The molecule has 0 bridgehead atoms. The molecule has 0 radical (unpaired) electrons. The Morgan fingerprint density at radius 2 is 1.42 bits per heavy atom. The number of anilines is 1. The van der Waals surface area contributed by atoms with Crippen molar-refractivity contribution in [1.82, 2.24) is 0 Å². The fourth-order valence-corrected chi connectivity index (χ4v) is 3.95. The molecule has 0 saturated heterocycles. The fourth-order valence-electron chi connectivity index (χ4n) is 3.95. The third-order valence-corrected chi connectivity index (χ3v) is 5.31. The molecule has 26 heavy (non-hydrogen) atoms. The maximum Gasteiger partial charge on any atom is 0.224 e. The first kappa shape index (κ1) is 16.8. The first-order valence-electron chi connectivity index (χ1n) is 9.74. The van der Waals surface area contributed by atoms with E-state index in [1.165, 1.54) is 46.2 Å². The summed E-state index contributed by atoms with van der Waals surface area (Å²) in [6.45, 7) is 2.21. The van der Waals surface area contributed by atoms with Gasteiger partial charge < -0.3 is 5.32 Å². The Labute approximate surface area is 154 Å². The SMILES string of the molecule is CCCCCCCC(=O)Nc1ccc2ccc3cccc4ccc1c2c34. The van der Waals surface area contributed by atoms with Crippen LogP contribution in [-0.2, 0) is 4.79 Å². The molecule has 0 saturated carbocycles. The Bertz CT molecular complexity index is 1030. The molecule has 132 valence electrons. The predicted octanol–water partition coefficient (Wildman–Crippen LogP) is 6.88. The zero-order chi connectivity index (χ0) is 17.9. The van der Waals surface area contributed by atoms with Gasteiger partial charge in [0, 0.05) is 17.5 Å². The van der Waals surface area contributed by atoms with Crippen molar-refractivity contribution in [3.05, 3.63) is 54.6 Å². The molecule has 1 amide bonds. The molecule has 0 aliphatic rings. The van der Waals surface area contributed by atoms with Crippen LogP contribution in [0.1, 0.15) is 45.4 Å². The third kappa shape index (κ3) is 3.12. The third-order valence-electron chi connectivity index (χ3n) is 5.31. The van der Waals surface area contributed by atoms with Gasteiger partial charge in [-0.05, 0) is 39.4 Å². The summed E-state index contributed by atoms with van der Waals surface area (Å²) >= 11 is 0. The molecule has 0 aliphatic carbocycles. The van der Waals surface area contributed by atoms with Crippen LogP contribution in [0.4, 0.5) is 5.69 Å². The quantitative estimate of drug-likeness (QED) is 0.287. The first-order valence-corrected chi connectivity index (χ1v) is 9.74. The number of carbonyl (C=O) groups excluding carboxylic acids is 1. The van der Waals surface area contributed by atoms with Crippen LogP contribution < -0.4 is 5.32 Å². The predicted molar refractivity (Wildman–Crippen MR) is 112 cm³/mol. The lowest BCUT2D eigenvalue weighted by atomic mass is 9.93. The van der Waals surface area contributed by atoms with Crippen molar-refractivity contribution in [2.45, 2.75) is 45.4 Å². The topological polar surface area (TPSA) is 29.1 Å². The Hall–Kier alpha value is -2.61. The Morgan fingerprint density at radius 3 is 2.19 bits per heavy atom. The molecular formula is C24H25NO. The molecule has 4 aromatic carbocycles. The second-order valence-electron chi connectivity index (χ2n) is 7.18. The van der Waals surface area contributed by atoms with Crippen molar-refractivity contribution in [3.8, 4) is 0 Å². The summed E-state index contributed by atoms with van der Waals surface area (Å²) in [6.07, 6.45) is 6.43. The van der Waals surface area contributed by atoms with E-state index in [1.807, 2.05) is 6.07 Å². The summed E-state index contributed by atoms with van der Waals surface area (Å²) in [5, 5.41) is 10.5. The van der Waals surface area contributed by atoms with E-state index in [4.69, 9.17) is 0 Å². The largest absolute Gasteiger partial charge is 0.326 e. The summed E-state index contributed by atoms with van der Waals surface area (Å²) < 4.78 is 0. The number of hydrogen-bond acceptors (Lipinski definition) is 1. The first-order chi connectivity index (χ1) is 12.8. The highest BCUT2D eigenvalue weighted by molar-refractivity contribution is 6.25. The van der Waals surface area contributed by atoms with Crippen LogP contribution in [0.3, 0.4) is 0 Å². The lowest BCUT2D eigenvalue weighted by molar-refractivity contribution is -0.116. The van der Waals surface area contributed by atoms with Crippen LogP contribution in [0.5, 0.6) is 0 Å². The van der Waals surface area contributed by atoms with Crippen LogP contribution in [-0.4, -0.2) is 5.91 Å². The van der Waals surface area contributed by atoms with E-state index in [0.29, 0.717) is 6.42 Å². The summed E-state index contributed by atoms with van der Waals surface area (Å²) in [5.41, 5.74) is 0.925. The van der Waals surface area contributed by atoms with E-state index in [0.717, 1.165) is 23.9 Å². The van der Waals surface area contributed by atoms with Crippen LogP contribution in [0.2, 0.25) is 0 Å². The monoisotopic (exact) mass is 343 g/mol. The van der Waals surface area contributed by atoms with Crippen molar-refractivity contribution in [2.24, 2.45) is 0 Å². The van der Waals surface area contributed by atoms with Gasteiger partial charge in [-0.25, -0.2) is 0 Å². The van der Waals surface area contributed by atoms with Gasteiger partial charge in [-0.3, -0.25) is 4.79 Å². The standard InChI is InChI=1S/C24H25NO/c1-2-3-4-5-6-10-22(26)25-21-16-14-19-12-11-17-8-7-9-18-13-15-20(21)24(19)23(17)18/h7-9,11-16H,2-6,10H2,1H3,(H,25,26). The number of nitrogens with one attached hydrogen (secondary N) is 1. The number of rotatable bonds is 7. The van der Waals surface area contributed by atoms with Crippen molar-refractivity contribution >= 4 is 43.9 Å². The zero-order valence-electron chi connectivity index (χ0n) is 15.3. The van der Waals surface area contributed by atoms with Gasteiger partial charge in [0.1, 0.15) is 0 Å². The zero-order valence-corrected chi connectivity index (χ0v) is 15.3. The maximum atomic E-state index is 12.4. The van der Waals surface area contributed by atoms with Gasteiger partial charge in [-0.15, -0.1) is 0 Å². The van der Waals surface area contributed by atoms with Crippen LogP contribution in [0.25, 0.3) is 32.3 Å². The minimum absolute atomic E-state index is 0.122. The van der Waals surface area contributed by atoms with Crippen LogP contribution >= 0.6 is 0 Å². The van der Waals surface area contributed by atoms with Gasteiger partial charge >= 0.3 is 0 Å². The smallest absolute Gasteiger partial charge is 0.224 e. The number of benzene rings is 4. The highest BCUT2D eigenvalue weighted by Gasteiger charge is 2.12. The van der Waals surface area contributed by atoms with Crippen molar-refractivity contribution in [1.29, 1.82) is 0 Å². The molecule has 0 atom stereocenters. The lowest BCUT2D eigenvalue weighted by Crippen LogP contribution is -2.11. The lowest BCUT2D eigenvalue weighted by Gasteiger charge is -2.14. The van der Waals surface area contributed by atoms with Gasteiger partial charge in [-0.2, -0.15) is 0 Å². The molecule has 1 N–H and O–H groups in total. The molecule has 4 rings (SSSR count). The highest BCUT2D eigenvalue weighted by Crippen LogP contribution is 2.37. The number of unbranched alkanes of at least 4 members (excludes halogenated alkanes) is 4. The molecule has 0 unspecified atom stereocenters. The summed E-state index contributed by atoms with van der Waals surface area (Å²) in [4.78, 5) is 12.4. The molecule has 0 heterocycles. The number of carbonyl (C=O) groups is 1. The van der Waals surface area contributed by atoms with Gasteiger partial charge in [-0.1, -0.05) is 81.1 Å². The normalized spacial score (nSPS) is 11.6. The number of hydrogen-bond donors (Lipinski definition) is 1. The van der Waals surface area contributed by atoms with Crippen molar-refractivity contribution < 1.29 is 4.79 Å². The Balaban J connectivity index is 1.63. The molecule has 2 nitrogen and oxygen atoms in total. The molecule has 0 aromatic heterocycles. The molecule has 4 aromatic rings. The minimum Gasteiger partial charge on any atom is -0.326 e. The second-order valence-corrected chi connectivity index (χ2v) is 7.18. The minimum atomic E-state index is 0.122. The van der Waals surface area contributed by atoms with Gasteiger partial charge in [0.05, 0.1) is 0 Å². The average Bonchev–Trinajstić information content (AvgIpc) is 2.67. The average molecular weight is 343 g/mol. The molecule has 0 spiro atoms. The van der Waals surface area contributed by atoms with E-state index in [2.05, 4.69) is 60.8 Å². The molecule has 0 aliphatic heterocycles. The van der Waals surface area contributed by atoms with Gasteiger partial charge in [0.2, 0.25) is 5.91 Å². The van der Waals surface area contributed by atoms with Crippen molar-refractivity contribution in [2.75, 3.05) is 5.32 Å². The Morgan fingerprint density at radius 1 is 0.769 bits per heavy atom. The Kier molecular flexibility index (Phi) is 4.75. The summed E-state index contributed by atoms with van der Waals surface area (Å²) in [7, 11) is 0. The summed E-state index contributed by atoms with van der Waals surface area (Å²) in [5.74, 6) is 0.122. The highest BCUT2D eigenvalue weighted by atomic mass is 16.1. The molecular weight excluding hydrogens is 318 g/mol. The van der Waals surface area contributed by atoms with E-state index in [1.54, 1.807) is 0 Å². The molecule has 0 fully saturated rings. The van der Waals surface area contributed by atoms with Crippen LogP contribution in [0.15, 0.2) is 54.6 Å². The van der Waals surface area contributed by atoms with Gasteiger partial charge in [0.25, 0.3) is 0 Å². The van der Waals surface area contributed by atoms with E-state index >= 15 is 0 Å². The van der Waals surface area contributed by atoms with E-state index in [-0.39, 0.29) is 5.91 Å². The summed E-state index contributed by atoms with van der Waals surface area (Å²) in [6, 6.07) is 19.2. The maximum absolute atomic E-state index is 12.4. The van der Waals surface area contributed by atoms with Crippen LogP contribution in [0, 0.1) is 0 Å². The second kappa shape index (κ2) is 7.33. The fraction of sp³-hybridized carbons (Fsp3) is 0.292.